The van der Waals surface area contributed by atoms with Gasteiger partial charge in [-0.15, -0.1) is 0 Å². The monoisotopic (exact) mass is 428 g/mol. The molecule has 0 aliphatic heterocycles. The lowest BCUT2D eigenvalue weighted by atomic mass is 10.1. The van der Waals surface area contributed by atoms with Crippen LogP contribution in [0, 0.1) is 20.8 Å². The molecular formula is C22H21ClN2O3S. The number of hydrogen-bond acceptors (Lipinski definition) is 3. The fourth-order valence-electron chi connectivity index (χ4n) is 2.85. The summed E-state index contributed by atoms with van der Waals surface area (Å²) in [4.78, 5) is 12.7. The SMILES string of the molecule is Cc1ccc(C)c(NS(=O)(=O)c2cc(C(=O)Nc3cccc(Cl)c3)ccc2C)c1. The molecule has 150 valence electrons. The Balaban J connectivity index is 1.91. The van der Waals surface area contributed by atoms with E-state index >= 15 is 0 Å². The van der Waals surface area contributed by atoms with Crippen LogP contribution in [0.25, 0.3) is 0 Å². The first-order valence-electron chi connectivity index (χ1n) is 8.93. The molecule has 0 aromatic heterocycles. The molecule has 0 aliphatic rings. The van der Waals surface area contributed by atoms with Crippen LogP contribution < -0.4 is 10.0 Å². The summed E-state index contributed by atoms with van der Waals surface area (Å²) in [6.07, 6.45) is 0. The summed E-state index contributed by atoms with van der Waals surface area (Å²) in [6.45, 7) is 5.42. The minimum absolute atomic E-state index is 0.0529. The molecule has 0 saturated heterocycles. The van der Waals surface area contributed by atoms with E-state index in [1.807, 2.05) is 26.0 Å². The number of carbonyl (C=O) groups is 1. The number of sulfonamides is 1. The molecule has 1 amide bonds. The Kier molecular flexibility index (Phi) is 5.96. The minimum atomic E-state index is -3.87. The van der Waals surface area contributed by atoms with E-state index in [9.17, 15) is 13.2 Å². The topological polar surface area (TPSA) is 75.3 Å². The maximum absolute atomic E-state index is 13.0. The van der Waals surface area contributed by atoms with Crippen molar-refractivity contribution in [3.05, 3.63) is 87.9 Å². The van der Waals surface area contributed by atoms with E-state index in [0.29, 0.717) is 22.0 Å². The van der Waals surface area contributed by atoms with Crippen LogP contribution in [0.1, 0.15) is 27.0 Å². The first-order chi connectivity index (χ1) is 13.7. The lowest BCUT2D eigenvalue weighted by Crippen LogP contribution is -2.17. The molecule has 0 aliphatic carbocycles. The van der Waals surface area contributed by atoms with Gasteiger partial charge in [0, 0.05) is 16.3 Å². The average molecular weight is 429 g/mol. The highest BCUT2D eigenvalue weighted by molar-refractivity contribution is 7.92. The van der Waals surface area contributed by atoms with E-state index in [0.717, 1.165) is 11.1 Å². The van der Waals surface area contributed by atoms with Gasteiger partial charge in [-0.05, 0) is 73.9 Å². The Hall–Kier alpha value is -2.83. The molecule has 3 rings (SSSR count). The van der Waals surface area contributed by atoms with E-state index in [1.165, 1.54) is 6.07 Å². The van der Waals surface area contributed by atoms with Crippen LogP contribution >= 0.6 is 11.6 Å². The first-order valence-corrected chi connectivity index (χ1v) is 10.8. The van der Waals surface area contributed by atoms with Crippen molar-refractivity contribution in [1.29, 1.82) is 0 Å². The van der Waals surface area contributed by atoms with Crippen molar-refractivity contribution in [2.24, 2.45) is 0 Å². The van der Waals surface area contributed by atoms with Gasteiger partial charge in [0.1, 0.15) is 0 Å². The zero-order valence-corrected chi connectivity index (χ0v) is 17.9. The molecule has 0 fully saturated rings. The third-order valence-electron chi connectivity index (χ3n) is 4.46. The van der Waals surface area contributed by atoms with Crippen molar-refractivity contribution >= 4 is 38.9 Å². The number of halogens is 1. The molecule has 7 heteroatoms. The summed E-state index contributed by atoms with van der Waals surface area (Å²) in [7, 11) is -3.87. The van der Waals surface area contributed by atoms with Gasteiger partial charge in [0.2, 0.25) is 0 Å². The molecular weight excluding hydrogens is 408 g/mol. The van der Waals surface area contributed by atoms with Crippen molar-refractivity contribution in [2.75, 3.05) is 10.0 Å². The third kappa shape index (κ3) is 4.96. The van der Waals surface area contributed by atoms with Crippen LogP contribution in [0.15, 0.2) is 65.6 Å². The Morgan fingerprint density at radius 2 is 1.62 bits per heavy atom. The molecule has 0 unspecified atom stereocenters. The number of nitrogens with one attached hydrogen (secondary N) is 2. The largest absolute Gasteiger partial charge is 0.322 e. The molecule has 0 saturated carbocycles. The van der Waals surface area contributed by atoms with Crippen LogP contribution in [0.2, 0.25) is 5.02 Å². The van der Waals surface area contributed by atoms with Crippen molar-refractivity contribution < 1.29 is 13.2 Å². The van der Waals surface area contributed by atoms with E-state index in [2.05, 4.69) is 10.0 Å². The number of rotatable bonds is 5. The third-order valence-corrected chi connectivity index (χ3v) is 6.20. The van der Waals surface area contributed by atoms with Crippen LogP contribution in [0.4, 0.5) is 11.4 Å². The molecule has 0 radical (unpaired) electrons. The van der Waals surface area contributed by atoms with Crippen molar-refractivity contribution in [3.63, 3.8) is 0 Å². The number of amides is 1. The Bertz CT molecular complexity index is 1190. The maximum atomic E-state index is 13.0. The van der Waals surface area contributed by atoms with E-state index < -0.39 is 15.9 Å². The van der Waals surface area contributed by atoms with Gasteiger partial charge in [-0.3, -0.25) is 9.52 Å². The Morgan fingerprint density at radius 3 is 2.34 bits per heavy atom. The summed E-state index contributed by atoms with van der Waals surface area (Å²) < 4.78 is 28.6. The van der Waals surface area contributed by atoms with Gasteiger partial charge in [-0.2, -0.15) is 0 Å². The van der Waals surface area contributed by atoms with E-state index in [4.69, 9.17) is 11.6 Å². The van der Waals surface area contributed by atoms with E-state index in [-0.39, 0.29) is 10.5 Å². The van der Waals surface area contributed by atoms with Crippen molar-refractivity contribution in [1.82, 2.24) is 0 Å². The smallest absolute Gasteiger partial charge is 0.262 e. The van der Waals surface area contributed by atoms with Gasteiger partial charge in [-0.1, -0.05) is 35.9 Å². The zero-order valence-electron chi connectivity index (χ0n) is 16.3. The van der Waals surface area contributed by atoms with Crippen LogP contribution in [0.5, 0.6) is 0 Å². The normalized spacial score (nSPS) is 11.2. The molecule has 2 N–H and O–H groups in total. The quantitative estimate of drug-likeness (QED) is 0.577. The minimum Gasteiger partial charge on any atom is -0.322 e. The molecule has 0 heterocycles. The predicted octanol–water partition coefficient (Wildman–Crippen LogP) is 5.32. The molecule has 0 spiro atoms. The second-order valence-corrected chi connectivity index (χ2v) is 8.96. The Labute approximate surface area is 175 Å². The second kappa shape index (κ2) is 8.27. The lowest BCUT2D eigenvalue weighted by molar-refractivity contribution is 0.102. The van der Waals surface area contributed by atoms with Crippen LogP contribution in [-0.4, -0.2) is 14.3 Å². The summed E-state index contributed by atoms with van der Waals surface area (Å²) in [6, 6.07) is 16.9. The van der Waals surface area contributed by atoms with Crippen LogP contribution in [-0.2, 0) is 10.0 Å². The van der Waals surface area contributed by atoms with Gasteiger partial charge in [-0.25, -0.2) is 8.42 Å². The summed E-state index contributed by atoms with van der Waals surface area (Å²) in [5, 5.41) is 3.22. The van der Waals surface area contributed by atoms with Gasteiger partial charge < -0.3 is 5.32 Å². The van der Waals surface area contributed by atoms with Crippen molar-refractivity contribution in [3.8, 4) is 0 Å². The highest BCUT2D eigenvalue weighted by Crippen LogP contribution is 2.24. The Morgan fingerprint density at radius 1 is 0.897 bits per heavy atom. The molecule has 29 heavy (non-hydrogen) atoms. The zero-order chi connectivity index (χ0) is 21.2. The molecule has 0 atom stereocenters. The van der Waals surface area contributed by atoms with Crippen molar-refractivity contribution in [2.45, 2.75) is 25.7 Å². The molecule has 3 aromatic carbocycles. The van der Waals surface area contributed by atoms with Gasteiger partial charge >= 0.3 is 0 Å². The second-order valence-electron chi connectivity index (χ2n) is 6.87. The van der Waals surface area contributed by atoms with Gasteiger partial charge in [0.05, 0.1) is 10.6 Å². The summed E-state index contributed by atoms with van der Waals surface area (Å²) >= 11 is 5.94. The van der Waals surface area contributed by atoms with Crippen LogP contribution in [0.3, 0.4) is 0 Å². The highest BCUT2D eigenvalue weighted by Gasteiger charge is 2.20. The number of aryl methyl sites for hydroxylation is 3. The van der Waals surface area contributed by atoms with E-state index in [1.54, 1.807) is 49.4 Å². The highest BCUT2D eigenvalue weighted by atomic mass is 35.5. The lowest BCUT2D eigenvalue weighted by Gasteiger charge is -2.14. The fraction of sp³-hybridized carbons (Fsp3) is 0.136. The van der Waals surface area contributed by atoms with Gasteiger partial charge in [0.15, 0.2) is 0 Å². The maximum Gasteiger partial charge on any atom is 0.262 e. The standard InChI is InChI=1S/C22H21ClN2O3S/c1-14-7-8-15(2)20(11-14)25-29(27,28)21-12-17(10-9-16(21)3)22(26)24-19-6-4-5-18(23)13-19/h4-13,25H,1-3H3,(H,24,26). The first kappa shape index (κ1) is 20.9. The number of hydrogen-bond donors (Lipinski definition) is 2. The molecule has 3 aromatic rings. The molecule has 0 bridgehead atoms. The molecule has 5 nitrogen and oxygen atoms in total. The number of benzene rings is 3. The number of anilines is 2. The summed E-state index contributed by atoms with van der Waals surface area (Å²) in [5.41, 5.74) is 3.57. The predicted molar refractivity (Wildman–Crippen MR) is 117 cm³/mol. The summed E-state index contributed by atoms with van der Waals surface area (Å²) in [5.74, 6) is -0.421. The average Bonchev–Trinajstić information content (AvgIpc) is 2.64. The number of carbonyl (C=O) groups excluding carboxylic acids is 1. The van der Waals surface area contributed by atoms with Gasteiger partial charge in [0.25, 0.3) is 15.9 Å². The fourth-order valence-corrected chi connectivity index (χ4v) is 4.43.